The van der Waals surface area contributed by atoms with E-state index in [4.69, 9.17) is 18.9 Å². The topological polar surface area (TPSA) is 184 Å². The minimum Gasteiger partial charge on any atom is -0.379 e. The lowest BCUT2D eigenvalue weighted by Crippen LogP contribution is -2.36. The normalized spacial score (nSPS) is 14.6. The Labute approximate surface area is 342 Å². The molecule has 57 heavy (non-hydrogen) atoms. The number of aryl methyl sites for hydroxylation is 1. The van der Waals surface area contributed by atoms with Gasteiger partial charge >= 0.3 is 0 Å². The van der Waals surface area contributed by atoms with Crippen molar-refractivity contribution in [2.75, 3.05) is 65.9 Å². The lowest BCUT2D eigenvalue weighted by molar-refractivity contribution is -0.138. The van der Waals surface area contributed by atoms with Crippen molar-refractivity contribution >= 4 is 35.4 Å². The largest absolute Gasteiger partial charge is 0.379 e. The van der Waals surface area contributed by atoms with Crippen molar-refractivity contribution in [2.45, 2.75) is 121 Å². The molecule has 3 rings (SSSR count). The number of hydrogen-bond donors (Lipinski definition) is 2. The maximum atomic E-state index is 13.0. The predicted molar refractivity (Wildman–Crippen MR) is 219 cm³/mol. The number of rotatable bonds is 33. The first-order valence-corrected chi connectivity index (χ1v) is 21.7. The van der Waals surface area contributed by atoms with Gasteiger partial charge in [-0.2, -0.15) is 0 Å². The highest BCUT2D eigenvalue weighted by molar-refractivity contribution is 8.01. The second kappa shape index (κ2) is 29.6. The van der Waals surface area contributed by atoms with Gasteiger partial charge in [-0.25, -0.2) is 0 Å². The van der Waals surface area contributed by atoms with Gasteiger partial charge in [0.2, 0.25) is 29.5 Å². The number of thioether (sulfide) groups is 1. The molecule has 4 amide bonds. The van der Waals surface area contributed by atoms with Gasteiger partial charge in [-0.1, -0.05) is 89.5 Å². The summed E-state index contributed by atoms with van der Waals surface area (Å²) in [5.41, 5.74) is 1.75. The quantitative estimate of drug-likeness (QED) is 0.0727. The Morgan fingerprint density at radius 3 is 1.96 bits per heavy atom. The standard InChI is InChI=1S/C41H65N7O8S/c1-4-6-7-8-9-10-11-12-13-35(5-2)57-36-30-39(51)48(41(36)52)21-18-37(49)42-20-23-54-25-27-56-29-28-55-26-24-53-22-19-38(50)43-31-33-14-16-34(17-15-33)40-46-44-32(3)45-47-40/h14-17,35-36H,4-13,18-31H2,1-3H3,(H,42,49)(H,43,50). The highest BCUT2D eigenvalue weighted by Crippen LogP contribution is 2.32. The van der Waals surface area contributed by atoms with E-state index in [1.807, 2.05) is 24.3 Å². The molecule has 2 heterocycles. The molecule has 2 atom stereocenters. The van der Waals surface area contributed by atoms with Crippen LogP contribution in [0.5, 0.6) is 0 Å². The van der Waals surface area contributed by atoms with Crippen molar-refractivity contribution in [1.82, 2.24) is 35.9 Å². The number of carbonyl (C=O) groups excluding carboxylic acids is 4. The number of ether oxygens (including phenoxy) is 4. The van der Waals surface area contributed by atoms with E-state index in [0.717, 1.165) is 30.4 Å². The van der Waals surface area contributed by atoms with Crippen LogP contribution >= 0.6 is 11.8 Å². The minimum absolute atomic E-state index is 0.0768. The fourth-order valence-corrected chi connectivity index (χ4v) is 7.49. The fourth-order valence-electron chi connectivity index (χ4n) is 6.05. The molecule has 16 heteroatoms. The summed E-state index contributed by atoms with van der Waals surface area (Å²) in [5.74, 6) is 0.290. The van der Waals surface area contributed by atoms with Crippen LogP contribution in [0.1, 0.15) is 109 Å². The van der Waals surface area contributed by atoms with Crippen LogP contribution in [0.25, 0.3) is 11.4 Å². The fraction of sp³-hybridized carbons (Fsp3) is 0.707. The summed E-state index contributed by atoms with van der Waals surface area (Å²) < 4.78 is 22.0. The predicted octanol–water partition coefficient (Wildman–Crippen LogP) is 4.99. The van der Waals surface area contributed by atoms with Gasteiger partial charge in [-0.3, -0.25) is 24.1 Å². The monoisotopic (exact) mass is 815 g/mol. The molecule has 0 spiro atoms. The van der Waals surface area contributed by atoms with Gasteiger partial charge in [0, 0.05) is 49.7 Å². The number of nitrogens with one attached hydrogen (secondary N) is 2. The Morgan fingerprint density at radius 1 is 0.754 bits per heavy atom. The first-order valence-electron chi connectivity index (χ1n) is 20.8. The van der Waals surface area contributed by atoms with E-state index < -0.39 is 0 Å². The number of hydrogen-bond acceptors (Lipinski definition) is 13. The zero-order valence-electron chi connectivity index (χ0n) is 34.3. The molecule has 1 aromatic heterocycles. The summed E-state index contributed by atoms with van der Waals surface area (Å²) >= 11 is 1.64. The smallest absolute Gasteiger partial charge is 0.242 e. The summed E-state index contributed by atoms with van der Waals surface area (Å²) in [6.07, 6.45) is 12.8. The molecule has 0 aliphatic carbocycles. The molecule has 1 aliphatic heterocycles. The molecule has 0 saturated carbocycles. The molecule has 1 aliphatic rings. The molecule has 1 fully saturated rings. The van der Waals surface area contributed by atoms with Gasteiger partial charge in [0.15, 0.2) is 5.82 Å². The molecule has 2 aromatic rings. The van der Waals surface area contributed by atoms with Crippen molar-refractivity contribution in [3.63, 3.8) is 0 Å². The van der Waals surface area contributed by atoms with Gasteiger partial charge in [-0.15, -0.1) is 32.2 Å². The maximum Gasteiger partial charge on any atom is 0.242 e. The lowest BCUT2D eigenvalue weighted by Gasteiger charge is -2.19. The average molecular weight is 816 g/mol. The highest BCUT2D eigenvalue weighted by Gasteiger charge is 2.39. The summed E-state index contributed by atoms with van der Waals surface area (Å²) in [7, 11) is 0. The van der Waals surface area contributed by atoms with E-state index in [-0.39, 0.29) is 54.7 Å². The molecule has 15 nitrogen and oxygen atoms in total. The third-order valence-corrected chi connectivity index (χ3v) is 11.0. The van der Waals surface area contributed by atoms with E-state index in [2.05, 4.69) is 44.9 Å². The van der Waals surface area contributed by atoms with Gasteiger partial charge in [0.05, 0.1) is 58.1 Å². The van der Waals surface area contributed by atoms with E-state index in [1.54, 1.807) is 18.7 Å². The van der Waals surface area contributed by atoms with Crippen LogP contribution in [0.2, 0.25) is 0 Å². The van der Waals surface area contributed by atoms with Crippen LogP contribution in [0.15, 0.2) is 24.3 Å². The van der Waals surface area contributed by atoms with Crippen LogP contribution in [-0.4, -0.2) is 125 Å². The molecule has 2 unspecified atom stereocenters. The third kappa shape index (κ3) is 20.6. The zero-order valence-corrected chi connectivity index (χ0v) is 35.2. The Hall–Kier alpha value is -3.57. The summed E-state index contributed by atoms with van der Waals surface area (Å²) in [5, 5.41) is 21.6. The SMILES string of the molecule is CCCCCCCCCCC(CC)SC1CC(=O)N(CCC(=O)NCCOCCOCCOCCOCCC(=O)NCc2ccc(-c3nnc(C)nn3)cc2)C1=O. The number of benzene rings is 1. The second-order valence-electron chi connectivity index (χ2n) is 14.1. The van der Waals surface area contributed by atoms with Gasteiger partial charge in [0.25, 0.3) is 0 Å². The first-order chi connectivity index (χ1) is 27.8. The van der Waals surface area contributed by atoms with Crippen molar-refractivity contribution < 1.29 is 38.1 Å². The van der Waals surface area contributed by atoms with E-state index in [9.17, 15) is 19.2 Å². The molecule has 318 valence electrons. The summed E-state index contributed by atoms with van der Waals surface area (Å²) in [4.78, 5) is 51.3. The van der Waals surface area contributed by atoms with Crippen molar-refractivity contribution in [2.24, 2.45) is 0 Å². The molecule has 0 radical (unpaired) electrons. The lowest BCUT2D eigenvalue weighted by atomic mass is 10.1. The number of carbonyl (C=O) groups is 4. The van der Waals surface area contributed by atoms with Gasteiger partial charge < -0.3 is 29.6 Å². The van der Waals surface area contributed by atoms with E-state index in [0.29, 0.717) is 82.8 Å². The molecular weight excluding hydrogens is 751 g/mol. The molecular formula is C41H65N7O8S. The van der Waals surface area contributed by atoms with Crippen LogP contribution < -0.4 is 10.6 Å². The summed E-state index contributed by atoms with van der Waals surface area (Å²) in [6, 6.07) is 7.52. The van der Waals surface area contributed by atoms with Crippen molar-refractivity contribution in [3.8, 4) is 11.4 Å². The Kier molecular flexibility index (Phi) is 24.8. The summed E-state index contributed by atoms with van der Waals surface area (Å²) in [6.45, 7) is 9.91. The third-order valence-electron chi connectivity index (χ3n) is 9.40. The number of likely N-dealkylation sites (tertiary alicyclic amines) is 1. The number of amides is 4. The number of nitrogens with zero attached hydrogens (tertiary/aromatic N) is 5. The highest BCUT2D eigenvalue weighted by atomic mass is 32.2. The van der Waals surface area contributed by atoms with Crippen molar-refractivity contribution in [3.05, 3.63) is 35.7 Å². The Balaban J connectivity index is 1.08. The van der Waals surface area contributed by atoms with Gasteiger partial charge in [-0.05, 0) is 25.3 Å². The molecule has 1 saturated heterocycles. The van der Waals surface area contributed by atoms with E-state index >= 15 is 0 Å². The van der Waals surface area contributed by atoms with Gasteiger partial charge in [0.1, 0.15) is 0 Å². The van der Waals surface area contributed by atoms with Crippen LogP contribution in [0, 0.1) is 6.92 Å². The van der Waals surface area contributed by atoms with Crippen molar-refractivity contribution in [1.29, 1.82) is 0 Å². The zero-order chi connectivity index (χ0) is 40.9. The number of imide groups is 1. The molecule has 2 N–H and O–H groups in total. The average Bonchev–Trinajstić information content (AvgIpc) is 3.48. The Morgan fingerprint density at radius 2 is 1.33 bits per heavy atom. The van der Waals surface area contributed by atoms with Crippen LogP contribution in [0.4, 0.5) is 0 Å². The number of aromatic nitrogens is 4. The number of unbranched alkanes of at least 4 members (excludes halogenated alkanes) is 7. The minimum atomic E-state index is -0.339. The second-order valence-corrected chi connectivity index (χ2v) is 15.6. The maximum absolute atomic E-state index is 13.0. The van der Waals surface area contributed by atoms with Crippen LogP contribution in [0.3, 0.4) is 0 Å². The molecule has 1 aromatic carbocycles. The Bertz CT molecular complexity index is 1440. The first kappa shape index (κ1) is 47.8. The molecule has 0 bridgehead atoms. The van der Waals surface area contributed by atoms with E-state index in [1.165, 1.54) is 49.8 Å². The van der Waals surface area contributed by atoms with Crippen LogP contribution in [-0.2, 0) is 44.7 Å².